The van der Waals surface area contributed by atoms with Crippen molar-refractivity contribution in [1.29, 1.82) is 0 Å². The first-order chi connectivity index (χ1) is 28.3. The van der Waals surface area contributed by atoms with E-state index in [9.17, 15) is 0 Å². The normalized spacial score (nSPS) is 14.7. The van der Waals surface area contributed by atoms with Crippen LogP contribution in [0.1, 0.15) is 22.3 Å². The van der Waals surface area contributed by atoms with Crippen LogP contribution in [-0.2, 0) is 5.41 Å². The van der Waals surface area contributed by atoms with Gasteiger partial charge in [0.2, 0.25) is 0 Å². The second kappa shape index (κ2) is 12.3. The van der Waals surface area contributed by atoms with E-state index in [1.54, 1.807) is 0 Å². The Kier molecular flexibility index (Phi) is 6.88. The highest BCUT2D eigenvalue weighted by Gasteiger charge is 2.50. The first-order valence-electron chi connectivity index (χ1n) is 19.8. The number of benzene rings is 9. The van der Waals surface area contributed by atoms with E-state index in [0.29, 0.717) is 0 Å². The first-order valence-corrected chi connectivity index (χ1v) is 19.8. The molecule has 0 fully saturated rings. The summed E-state index contributed by atoms with van der Waals surface area (Å²) in [6.07, 6.45) is 0. The van der Waals surface area contributed by atoms with Crippen molar-refractivity contribution in [2.45, 2.75) is 5.41 Å². The minimum absolute atomic E-state index is 0.461. The molecule has 2 heterocycles. The largest absolute Gasteiger partial charge is 0.311 e. The third kappa shape index (κ3) is 4.53. The summed E-state index contributed by atoms with van der Waals surface area (Å²) < 4.78 is 2.51. The molecule has 0 amide bonds. The molecule has 0 saturated carbocycles. The molecule has 12 rings (SSSR count). The zero-order valence-electron chi connectivity index (χ0n) is 31.2. The van der Waals surface area contributed by atoms with Crippen molar-refractivity contribution >= 4 is 38.9 Å². The van der Waals surface area contributed by atoms with Gasteiger partial charge in [-0.05, 0) is 110 Å². The molecule has 1 atom stereocenters. The highest BCUT2D eigenvalue weighted by atomic mass is 15.1. The quantitative estimate of drug-likeness (QED) is 0.172. The van der Waals surface area contributed by atoms with Crippen LogP contribution in [0.15, 0.2) is 218 Å². The zero-order chi connectivity index (χ0) is 37.5. The molecule has 1 aromatic heterocycles. The number of fused-ring (bicyclic) bond motifs is 12. The minimum Gasteiger partial charge on any atom is -0.311 e. The average molecular weight is 725 g/mol. The molecule has 0 radical (unpaired) electrons. The summed E-state index contributed by atoms with van der Waals surface area (Å²) >= 11 is 0. The summed E-state index contributed by atoms with van der Waals surface area (Å²) in [4.78, 5) is 2.30. The van der Waals surface area contributed by atoms with E-state index in [1.165, 1.54) is 83.1 Å². The van der Waals surface area contributed by atoms with Gasteiger partial charge in [-0.15, -0.1) is 0 Å². The number of hydrogen-bond acceptors (Lipinski definition) is 1. The summed E-state index contributed by atoms with van der Waals surface area (Å²) in [5, 5.41) is 2.59. The third-order valence-electron chi connectivity index (χ3n) is 12.4. The molecule has 2 nitrogen and oxygen atoms in total. The molecule has 266 valence electrons. The Morgan fingerprint density at radius 1 is 0.333 bits per heavy atom. The fraction of sp³-hybridized carbons (Fsp3) is 0.0182. The van der Waals surface area contributed by atoms with Crippen molar-refractivity contribution in [2.75, 3.05) is 4.90 Å². The lowest BCUT2D eigenvalue weighted by atomic mass is 9.65. The fourth-order valence-corrected chi connectivity index (χ4v) is 10.0. The maximum atomic E-state index is 2.51. The predicted molar refractivity (Wildman–Crippen MR) is 237 cm³/mol. The van der Waals surface area contributed by atoms with Crippen LogP contribution in [0.3, 0.4) is 0 Å². The van der Waals surface area contributed by atoms with Gasteiger partial charge in [0.25, 0.3) is 0 Å². The van der Waals surface area contributed by atoms with Crippen molar-refractivity contribution in [3.05, 3.63) is 241 Å². The maximum Gasteiger partial charge on any atom is 0.0754 e. The van der Waals surface area contributed by atoms with E-state index >= 15 is 0 Å². The molecular weight excluding hydrogens is 689 g/mol. The Morgan fingerprint density at radius 3 is 1.58 bits per heavy atom. The molecule has 0 saturated heterocycles. The smallest absolute Gasteiger partial charge is 0.0754 e. The Balaban J connectivity index is 0.974. The zero-order valence-corrected chi connectivity index (χ0v) is 31.2. The minimum atomic E-state index is -0.461. The molecule has 1 unspecified atom stereocenters. The predicted octanol–water partition coefficient (Wildman–Crippen LogP) is 14.3. The summed E-state index contributed by atoms with van der Waals surface area (Å²) in [6.45, 7) is 0. The highest BCUT2D eigenvalue weighted by Crippen LogP contribution is 2.61. The van der Waals surface area contributed by atoms with Crippen molar-refractivity contribution in [3.63, 3.8) is 0 Å². The summed E-state index contributed by atoms with van der Waals surface area (Å²) in [6, 6.07) is 80.3. The lowest BCUT2D eigenvalue weighted by Gasteiger charge is -2.39. The van der Waals surface area contributed by atoms with Crippen LogP contribution in [-0.4, -0.2) is 4.57 Å². The molecule has 9 aromatic carbocycles. The van der Waals surface area contributed by atoms with Gasteiger partial charge in [0.1, 0.15) is 0 Å². The molecule has 0 bridgehead atoms. The lowest BCUT2D eigenvalue weighted by Crippen LogP contribution is -2.33. The molecule has 0 N–H and O–H groups in total. The van der Waals surface area contributed by atoms with E-state index in [-0.39, 0.29) is 0 Å². The second-order valence-electron chi connectivity index (χ2n) is 15.3. The van der Waals surface area contributed by atoms with Crippen LogP contribution in [0.2, 0.25) is 0 Å². The van der Waals surface area contributed by atoms with Gasteiger partial charge in [-0.3, -0.25) is 0 Å². The van der Waals surface area contributed by atoms with E-state index < -0.39 is 5.41 Å². The molecule has 57 heavy (non-hydrogen) atoms. The molecule has 1 aliphatic carbocycles. The van der Waals surface area contributed by atoms with E-state index in [4.69, 9.17) is 0 Å². The van der Waals surface area contributed by atoms with Crippen LogP contribution in [0.5, 0.6) is 0 Å². The first kappa shape index (κ1) is 31.9. The third-order valence-corrected chi connectivity index (χ3v) is 12.4. The van der Waals surface area contributed by atoms with E-state index in [0.717, 1.165) is 17.1 Å². The van der Waals surface area contributed by atoms with E-state index in [2.05, 4.69) is 228 Å². The van der Waals surface area contributed by atoms with Gasteiger partial charge >= 0.3 is 0 Å². The van der Waals surface area contributed by atoms with Crippen molar-refractivity contribution in [3.8, 4) is 39.1 Å². The Bertz CT molecular complexity index is 3120. The van der Waals surface area contributed by atoms with Crippen LogP contribution in [0.4, 0.5) is 17.1 Å². The van der Waals surface area contributed by atoms with E-state index in [1.807, 2.05) is 0 Å². The molecular formula is C55H36N2. The van der Waals surface area contributed by atoms with Crippen LogP contribution in [0.25, 0.3) is 60.9 Å². The fourth-order valence-electron chi connectivity index (χ4n) is 10.0. The molecule has 10 aromatic rings. The van der Waals surface area contributed by atoms with Gasteiger partial charge in [0, 0.05) is 27.8 Å². The number of para-hydroxylation sites is 5. The number of anilines is 3. The van der Waals surface area contributed by atoms with Gasteiger partial charge in [-0.2, -0.15) is 0 Å². The standard InChI is InChI=1S/C55H36N2/c1-3-14-41(15-4-1)56(42-16-5-2-6-17-42)43-33-30-38(31-34-43)37-26-28-39(29-27-37)40-32-35-45-44-18-7-9-21-48(44)55(51(45)36-40)49-22-10-12-25-53(49)57-52-24-11-8-19-46(52)47-20-13-23-50(55)54(47)57/h1-36H. The number of nitrogens with zero attached hydrogens (tertiary/aromatic N) is 2. The average Bonchev–Trinajstić information content (AvgIpc) is 3.78. The molecule has 1 spiro atoms. The van der Waals surface area contributed by atoms with Crippen molar-refractivity contribution in [2.24, 2.45) is 0 Å². The van der Waals surface area contributed by atoms with Crippen LogP contribution < -0.4 is 4.90 Å². The summed E-state index contributed by atoms with van der Waals surface area (Å²) in [5.74, 6) is 0. The monoisotopic (exact) mass is 724 g/mol. The van der Waals surface area contributed by atoms with Gasteiger partial charge in [-0.25, -0.2) is 0 Å². The van der Waals surface area contributed by atoms with Gasteiger partial charge < -0.3 is 9.47 Å². The van der Waals surface area contributed by atoms with Crippen LogP contribution in [0, 0.1) is 0 Å². The summed E-state index contributed by atoms with van der Waals surface area (Å²) in [5.41, 5.74) is 19.5. The van der Waals surface area contributed by atoms with Gasteiger partial charge in [0.15, 0.2) is 0 Å². The van der Waals surface area contributed by atoms with Gasteiger partial charge in [-0.1, -0.05) is 164 Å². The number of aromatic nitrogens is 1. The molecule has 2 aliphatic rings. The Morgan fingerprint density at radius 2 is 0.842 bits per heavy atom. The van der Waals surface area contributed by atoms with Crippen LogP contribution >= 0.6 is 0 Å². The Hall–Kier alpha value is -7.42. The summed E-state index contributed by atoms with van der Waals surface area (Å²) in [7, 11) is 0. The second-order valence-corrected chi connectivity index (χ2v) is 15.3. The lowest BCUT2D eigenvalue weighted by molar-refractivity contribution is 0.749. The Labute approximate surface area is 332 Å². The molecule has 2 heteroatoms. The topological polar surface area (TPSA) is 8.17 Å². The van der Waals surface area contributed by atoms with Crippen molar-refractivity contribution < 1.29 is 0 Å². The SMILES string of the molecule is c1ccc(N(c2ccccc2)c2ccc(-c3ccc(-c4ccc5c(c4)C4(c6ccccc6-5)c5ccccc5-n5c6ccccc6c6cccc4c65)cc3)cc2)cc1. The van der Waals surface area contributed by atoms with Gasteiger partial charge in [0.05, 0.1) is 22.1 Å². The van der Waals surface area contributed by atoms with Crippen molar-refractivity contribution in [1.82, 2.24) is 4.57 Å². The maximum absolute atomic E-state index is 2.51. The number of rotatable bonds is 5. The molecule has 1 aliphatic heterocycles. The number of hydrogen-bond donors (Lipinski definition) is 0. The highest BCUT2D eigenvalue weighted by molar-refractivity contribution is 6.13.